The Hall–Kier alpha value is -3.81. The summed E-state index contributed by atoms with van der Waals surface area (Å²) in [5.41, 5.74) is 2.24. The third kappa shape index (κ3) is 4.23. The van der Waals surface area contributed by atoms with Crippen LogP contribution in [-0.2, 0) is 16.0 Å². The summed E-state index contributed by atoms with van der Waals surface area (Å²) >= 11 is 0. The monoisotopic (exact) mass is 465 g/mol. The van der Waals surface area contributed by atoms with Gasteiger partial charge in [-0.2, -0.15) is 0 Å². The van der Waals surface area contributed by atoms with Gasteiger partial charge in [-0.15, -0.1) is 0 Å². The molecule has 1 aliphatic carbocycles. The third-order valence-electron chi connectivity index (χ3n) is 6.17. The molecule has 0 bridgehead atoms. The molecule has 2 heterocycles. The van der Waals surface area contributed by atoms with Gasteiger partial charge in [0.15, 0.2) is 0 Å². The Labute approximate surface area is 196 Å². The number of nitrogens with zero attached hydrogens (tertiary/aromatic N) is 1. The zero-order valence-corrected chi connectivity index (χ0v) is 18.9. The molecule has 0 N–H and O–H groups in total. The van der Waals surface area contributed by atoms with Crippen LogP contribution in [0.3, 0.4) is 0 Å². The van der Waals surface area contributed by atoms with E-state index in [0.29, 0.717) is 53.9 Å². The molecule has 2 aromatic carbocycles. The molecule has 8 heteroatoms. The number of ether oxygens (including phenoxy) is 5. The fourth-order valence-electron chi connectivity index (χ4n) is 4.48. The molecule has 0 amide bonds. The van der Waals surface area contributed by atoms with E-state index in [1.165, 1.54) is 13.2 Å². The zero-order chi connectivity index (χ0) is 23.7. The second-order valence-corrected chi connectivity index (χ2v) is 8.21. The number of benzene rings is 2. The first-order chi connectivity index (χ1) is 16.6. The van der Waals surface area contributed by atoms with E-state index < -0.39 is 6.10 Å². The van der Waals surface area contributed by atoms with Gasteiger partial charge in [-0.05, 0) is 37.1 Å². The normalized spacial score (nSPS) is 18.0. The minimum atomic E-state index is -0.446. The number of methoxy groups -OCH3 is 2. The van der Waals surface area contributed by atoms with Gasteiger partial charge < -0.3 is 23.7 Å². The lowest BCUT2D eigenvalue weighted by atomic mass is 9.98. The fourth-order valence-corrected chi connectivity index (χ4v) is 4.48. The molecule has 1 unspecified atom stereocenters. The van der Waals surface area contributed by atoms with Crippen molar-refractivity contribution in [1.82, 2.24) is 4.98 Å². The largest absolute Gasteiger partial charge is 0.492 e. The van der Waals surface area contributed by atoms with E-state index in [1.807, 2.05) is 12.1 Å². The van der Waals surface area contributed by atoms with E-state index in [-0.39, 0.29) is 24.1 Å². The summed E-state index contributed by atoms with van der Waals surface area (Å²) in [6.45, 7) is 0.412. The van der Waals surface area contributed by atoms with Crippen molar-refractivity contribution in [2.24, 2.45) is 0 Å². The van der Waals surface area contributed by atoms with Crippen molar-refractivity contribution in [3.8, 4) is 28.9 Å². The predicted molar refractivity (Wildman–Crippen MR) is 120 cm³/mol. The molecule has 176 valence electrons. The van der Waals surface area contributed by atoms with Crippen molar-refractivity contribution >= 4 is 5.97 Å². The summed E-state index contributed by atoms with van der Waals surface area (Å²) < 4.78 is 42.6. The molecular weight excluding hydrogens is 441 g/mol. The van der Waals surface area contributed by atoms with Gasteiger partial charge in [-0.1, -0.05) is 6.07 Å². The maximum absolute atomic E-state index is 14.9. The molecule has 0 saturated carbocycles. The number of halogens is 1. The second kappa shape index (κ2) is 9.21. The number of hydrogen-bond acceptors (Lipinski definition) is 7. The number of fused-ring (bicyclic) bond motifs is 2. The van der Waals surface area contributed by atoms with Gasteiger partial charge in [-0.3, -0.25) is 4.79 Å². The van der Waals surface area contributed by atoms with Gasteiger partial charge in [0.05, 0.1) is 33.4 Å². The van der Waals surface area contributed by atoms with Crippen LogP contribution in [-0.4, -0.2) is 31.8 Å². The maximum atomic E-state index is 14.9. The molecule has 0 spiro atoms. The van der Waals surface area contributed by atoms with E-state index >= 15 is 0 Å². The van der Waals surface area contributed by atoms with Crippen molar-refractivity contribution in [2.75, 3.05) is 20.8 Å². The van der Waals surface area contributed by atoms with Crippen LogP contribution in [0.1, 0.15) is 41.6 Å². The van der Waals surface area contributed by atoms with Crippen molar-refractivity contribution in [3.63, 3.8) is 0 Å². The second-order valence-electron chi connectivity index (χ2n) is 8.21. The first-order valence-corrected chi connectivity index (χ1v) is 11.0. The van der Waals surface area contributed by atoms with Gasteiger partial charge in [0, 0.05) is 34.7 Å². The van der Waals surface area contributed by atoms with Crippen LogP contribution in [0.15, 0.2) is 48.7 Å². The van der Waals surface area contributed by atoms with Crippen LogP contribution in [0.5, 0.6) is 28.9 Å². The van der Waals surface area contributed by atoms with Crippen molar-refractivity contribution in [1.29, 1.82) is 0 Å². The highest BCUT2D eigenvalue weighted by Crippen LogP contribution is 2.44. The standard InChI is InChI=1S/C26H24FNO6/c1-30-24-10-4-17(13-28-24)34-21-9-7-20(27)26-19(21)6-8-22(26)33-16-3-5-18-15(11-25(29)31-2)14-32-23(18)12-16/h3-5,7,9-10,12-13,15,22H,6,8,11,14H2,1-2H3/t15?,22-/m1/s1. The fraction of sp³-hybridized carbons (Fsp3) is 0.308. The summed E-state index contributed by atoms with van der Waals surface area (Å²) in [4.78, 5) is 15.8. The molecule has 2 aliphatic rings. The highest BCUT2D eigenvalue weighted by molar-refractivity contribution is 5.71. The Kier molecular flexibility index (Phi) is 5.96. The first-order valence-electron chi connectivity index (χ1n) is 11.0. The number of aromatic nitrogens is 1. The van der Waals surface area contributed by atoms with E-state index in [9.17, 15) is 9.18 Å². The average molecular weight is 465 g/mol. The predicted octanol–water partition coefficient (Wildman–Crippen LogP) is 5.13. The minimum Gasteiger partial charge on any atom is -0.492 e. The lowest BCUT2D eigenvalue weighted by Gasteiger charge is -2.17. The Bertz CT molecular complexity index is 1210. The number of esters is 1. The summed E-state index contributed by atoms with van der Waals surface area (Å²) in [6, 6.07) is 12.0. The van der Waals surface area contributed by atoms with E-state index in [4.69, 9.17) is 23.7 Å². The maximum Gasteiger partial charge on any atom is 0.306 e. The highest BCUT2D eigenvalue weighted by atomic mass is 19.1. The van der Waals surface area contributed by atoms with E-state index in [1.54, 1.807) is 37.6 Å². The van der Waals surface area contributed by atoms with Gasteiger partial charge >= 0.3 is 5.97 Å². The topological polar surface area (TPSA) is 76.1 Å². The minimum absolute atomic E-state index is 0.0479. The van der Waals surface area contributed by atoms with Crippen LogP contribution < -0.4 is 18.9 Å². The number of hydrogen-bond donors (Lipinski definition) is 0. The Balaban J connectivity index is 1.34. The molecule has 0 fully saturated rings. The van der Waals surface area contributed by atoms with Crippen LogP contribution in [0.25, 0.3) is 0 Å². The quantitative estimate of drug-likeness (QED) is 0.448. The molecule has 1 aromatic heterocycles. The summed E-state index contributed by atoms with van der Waals surface area (Å²) in [6.07, 6.45) is 2.63. The van der Waals surface area contributed by atoms with Gasteiger partial charge in [0.2, 0.25) is 5.88 Å². The molecular formula is C26H24FNO6. The molecule has 34 heavy (non-hydrogen) atoms. The summed E-state index contributed by atoms with van der Waals surface area (Å²) in [5.74, 6) is 2.22. The van der Waals surface area contributed by atoms with Gasteiger partial charge in [0.1, 0.15) is 34.9 Å². The SMILES string of the molecule is COC(=O)CC1COc2cc(O[C@@H]3CCc4c(Oc5ccc(OC)nc5)ccc(F)c43)ccc21. The molecule has 0 saturated heterocycles. The number of rotatable bonds is 7. The van der Waals surface area contributed by atoms with Gasteiger partial charge in [-0.25, -0.2) is 9.37 Å². The third-order valence-corrected chi connectivity index (χ3v) is 6.17. The molecule has 5 rings (SSSR count). The smallest absolute Gasteiger partial charge is 0.306 e. The molecule has 1 aliphatic heterocycles. The van der Waals surface area contributed by atoms with Crippen LogP contribution in [0.2, 0.25) is 0 Å². The number of carbonyl (C=O) groups excluding carboxylic acids is 1. The lowest BCUT2D eigenvalue weighted by molar-refractivity contribution is -0.141. The van der Waals surface area contributed by atoms with Crippen LogP contribution >= 0.6 is 0 Å². The average Bonchev–Trinajstić information content (AvgIpc) is 3.46. The molecule has 0 radical (unpaired) electrons. The van der Waals surface area contributed by atoms with Crippen molar-refractivity contribution < 1.29 is 32.9 Å². The Morgan fingerprint density at radius 2 is 2.00 bits per heavy atom. The zero-order valence-electron chi connectivity index (χ0n) is 18.9. The van der Waals surface area contributed by atoms with Crippen molar-refractivity contribution in [2.45, 2.75) is 31.3 Å². The Morgan fingerprint density at radius 1 is 1.15 bits per heavy atom. The molecule has 7 nitrogen and oxygen atoms in total. The van der Waals surface area contributed by atoms with Crippen LogP contribution in [0, 0.1) is 5.82 Å². The highest BCUT2D eigenvalue weighted by Gasteiger charge is 2.32. The van der Waals surface area contributed by atoms with Gasteiger partial charge in [0.25, 0.3) is 0 Å². The number of pyridine rings is 1. The molecule has 3 aromatic rings. The van der Waals surface area contributed by atoms with E-state index in [2.05, 4.69) is 4.98 Å². The summed E-state index contributed by atoms with van der Waals surface area (Å²) in [7, 11) is 2.92. The Morgan fingerprint density at radius 3 is 2.76 bits per heavy atom. The lowest BCUT2D eigenvalue weighted by Crippen LogP contribution is -2.09. The summed E-state index contributed by atoms with van der Waals surface area (Å²) in [5, 5.41) is 0. The van der Waals surface area contributed by atoms with Crippen LogP contribution in [0.4, 0.5) is 4.39 Å². The molecule has 2 atom stereocenters. The van der Waals surface area contributed by atoms with Crippen molar-refractivity contribution in [3.05, 3.63) is 71.2 Å². The van der Waals surface area contributed by atoms with E-state index in [0.717, 1.165) is 11.1 Å². The number of carbonyl (C=O) groups is 1. The first kappa shape index (κ1) is 22.0.